The van der Waals surface area contributed by atoms with Crippen LogP contribution in [0.4, 0.5) is 5.69 Å². The first-order valence-corrected chi connectivity index (χ1v) is 5.84. The summed E-state index contributed by atoms with van der Waals surface area (Å²) in [5.41, 5.74) is 8.04. The van der Waals surface area contributed by atoms with Crippen LogP contribution in [0.25, 0.3) is 0 Å². The number of carboxylic acids is 1. The predicted octanol–water partition coefficient (Wildman–Crippen LogP) is 3.38. The van der Waals surface area contributed by atoms with Gasteiger partial charge in [-0.25, -0.2) is 4.79 Å². The first-order chi connectivity index (χ1) is 8.95. The minimum absolute atomic E-state index is 0.0434. The lowest BCUT2D eigenvalue weighted by Gasteiger charge is -2.09. The highest BCUT2D eigenvalue weighted by Crippen LogP contribution is 2.26. The van der Waals surface area contributed by atoms with E-state index in [1.807, 2.05) is 32.0 Å². The number of nitrogens with two attached hydrogens (primary N) is 1. The molecule has 2 rings (SSSR count). The molecule has 2 aromatic rings. The Morgan fingerprint density at radius 3 is 2.26 bits per heavy atom. The SMILES string of the molecule is Cc1cc(C)cc(Oc2ccc(N)c(C(=O)O)c2)c1. The van der Waals surface area contributed by atoms with E-state index < -0.39 is 5.97 Å². The number of carbonyl (C=O) groups is 1. The Morgan fingerprint density at radius 1 is 1.05 bits per heavy atom. The van der Waals surface area contributed by atoms with E-state index in [4.69, 9.17) is 15.6 Å². The fraction of sp³-hybridized carbons (Fsp3) is 0.133. The molecule has 3 N–H and O–H groups in total. The van der Waals surface area contributed by atoms with E-state index >= 15 is 0 Å². The van der Waals surface area contributed by atoms with Crippen LogP contribution in [-0.4, -0.2) is 11.1 Å². The summed E-state index contributed by atoms with van der Waals surface area (Å²) in [6.07, 6.45) is 0. The number of anilines is 1. The van der Waals surface area contributed by atoms with Crippen LogP contribution >= 0.6 is 0 Å². The molecule has 0 saturated heterocycles. The molecule has 2 aromatic carbocycles. The standard InChI is InChI=1S/C15H15NO3/c1-9-5-10(2)7-12(6-9)19-11-3-4-14(16)13(8-11)15(17)18/h3-8H,16H2,1-2H3,(H,17,18). The first-order valence-electron chi connectivity index (χ1n) is 5.84. The van der Waals surface area contributed by atoms with Gasteiger partial charge in [-0.15, -0.1) is 0 Å². The van der Waals surface area contributed by atoms with Crippen molar-refractivity contribution >= 4 is 11.7 Å². The average Bonchev–Trinajstić information content (AvgIpc) is 2.30. The second-order valence-electron chi connectivity index (χ2n) is 4.48. The first kappa shape index (κ1) is 13.0. The molecule has 19 heavy (non-hydrogen) atoms. The van der Waals surface area contributed by atoms with Crippen molar-refractivity contribution in [3.8, 4) is 11.5 Å². The molecule has 0 spiro atoms. The minimum Gasteiger partial charge on any atom is -0.478 e. The zero-order valence-corrected chi connectivity index (χ0v) is 10.8. The Hall–Kier alpha value is -2.49. The molecule has 4 heteroatoms. The molecule has 0 heterocycles. The van der Waals surface area contributed by atoms with Crippen LogP contribution in [0.15, 0.2) is 36.4 Å². The Morgan fingerprint density at radius 2 is 1.68 bits per heavy atom. The third kappa shape index (κ3) is 3.04. The minimum atomic E-state index is -1.07. The van der Waals surface area contributed by atoms with Crippen molar-refractivity contribution in [1.29, 1.82) is 0 Å². The van der Waals surface area contributed by atoms with Crippen LogP contribution in [0.5, 0.6) is 11.5 Å². The van der Waals surface area contributed by atoms with Gasteiger partial charge in [0.2, 0.25) is 0 Å². The predicted molar refractivity (Wildman–Crippen MR) is 73.8 cm³/mol. The molecule has 0 radical (unpaired) electrons. The molecule has 4 nitrogen and oxygen atoms in total. The van der Waals surface area contributed by atoms with Crippen LogP contribution in [0, 0.1) is 13.8 Å². The second-order valence-corrected chi connectivity index (χ2v) is 4.48. The van der Waals surface area contributed by atoms with Gasteiger partial charge >= 0.3 is 5.97 Å². The topological polar surface area (TPSA) is 72.5 Å². The maximum absolute atomic E-state index is 11.0. The number of carboxylic acid groups (broad SMARTS) is 1. The van der Waals surface area contributed by atoms with Gasteiger partial charge in [0, 0.05) is 5.69 Å². The summed E-state index contributed by atoms with van der Waals surface area (Å²) in [6.45, 7) is 3.96. The van der Waals surface area contributed by atoms with E-state index in [1.54, 1.807) is 6.07 Å². The summed E-state index contributed by atoms with van der Waals surface area (Å²) in [7, 11) is 0. The van der Waals surface area contributed by atoms with Gasteiger partial charge in [0.1, 0.15) is 11.5 Å². The summed E-state index contributed by atoms with van der Waals surface area (Å²) in [4.78, 5) is 11.0. The number of ether oxygens (including phenoxy) is 1. The molecule has 0 fully saturated rings. The highest BCUT2D eigenvalue weighted by molar-refractivity contribution is 5.94. The molecule has 0 unspecified atom stereocenters. The normalized spacial score (nSPS) is 10.2. The summed E-state index contributed by atoms with van der Waals surface area (Å²) < 4.78 is 5.67. The lowest BCUT2D eigenvalue weighted by molar-refractivity contribution is 0.0697. The zero-order valence-electron chi connectivity index (χ0n) is 10.8. The Labute approximate surface area is 111 Å². The largest absolute Gasteiger partial charge is 0.478 e. The lowest BCUT2D eigenvalue weighted by Crippen LogP contribution is -2.02. The number of aryl methyl sites for hydroxylation is 2. The van der Waals surface area contributed by atoms with Gasteiger partial charge in [0.25, 0.3) is 0 Å². The molecule has 0 aliphatic heterocycles. The third-order valence-corrected chi connectivity index (χ3v) is 2.69. The molecule has 0 aliphatic carbocycles. The molecule has 0 saturated carbocycles. The zero-order chi connectivity index (χ0) is 14.0. The monoisotopic (exact) mass is 257 g/mol. The Bertz CT molecular complexity index is 615. The van der Waals surface area contributed by atoms with Gasteiger partial charge in [-0.2, -0.15) is 0 Å². The van der Waals surface area contributed by atoms with E-state index in [2.05, 4.69) is 0 Å². The van der Waals surface area contributed by atoms with E-state index in [1.165, 1.54) is 12.1 Å². The fourth-order valence-corrected chi connectivity index (χ4v) is 1.91. The maximum atomic E-state index is 11.0. The van der Waals surface area contributed by atoms with Gasteiger partial charge < -0.3 is 15.6 Å². The number of benzene rings is 2. The number of hydrogen-bond donors (Lipinski definition) is 2. The van der Waals surface area contributed by atoms with Crippen molar-refractivity contribution in [2.24, 2.45) is 0 Å². The van der Waals surface area contributed by atoms with Crippen molar-refractivity contribution in [3.63, 3.8) is 0 Å². The van der Waals surface area contributed by atoms with Crippen molar-refractivity contribution in [3.05, 3.63) is 53.1 Å². The molecule has 98 valence electrons. The Balaban J connectivity index is 2.33. The molecule has 0 bridgehead atoms. The average molecular weight is 257 g/mol. The lowest BCUT2D eigenvalue weighted by atomic mass is 10.1. The highest BCUT2D eigenvalue weighted by Gasteiger charge is 2.09. The van der Waals surface area contributed by atoms with Gasteiger partial charge in [-0.3, -0.25) is 0 Å². The van der Waals surface area contributed by atoms with E-state index in [-0.39, 0.29) is 11.3 Å². The smallest absolute Gasteiger partial charge is 0.337 e. The van der Waals surface area contributed by atoms with E-state index in [0.717, 1.165) is 11.1 Å². The van der Waals surface area contributed by atoms with Gasteiger partial charge in [-0.05, 0) is 55.3 Å². The van der Waals surface area contributed by atoms with Crippen LogP contribution in [0.2, 0.25) is 0 Å². The second kappa shape index (κ2) is 5.02. The van der Waals surface area contributed by atoms with Crippen LogP contribution in [0.3, 0.4) is 0 Å². The van der Waals surface area contributed by atoms with Gasteiger partial charge in [0.05, 0.1) is 5.56 Å². The van der Waals surface area contributed by atoms with Crippen molar-refractivity contribution in [2.45, 2.75) is 13.8 Å². The highest BCUT2D eigenvalue weighted by atomic mass is 16.5. The van der Waals surface area contributed by atoms with Crippen LogP contribution in [-0.2, 0) is 0 Å². The molecule has 0 atom stereocenters. The molecule has 0 amide bonds. The van der Waals surface area contributed by atoms with Crippen molar-refractivity contribution in [2.75, 3.05) is 5.73 Å². The molecular weight excluding hydrogens is 242 g/mol. The van der Waals surface area contributed by atoms with Crippen molar-refractivity contribution < 1.29 is 14.6 Å². The molecular formula is C15H15NO3. The summed E-state index contributed by atoms with van der Waals surface area (Å²) in [5.74, 6) is 0.0681. The number of nitrogen functional groups attached to an aromatic ring is 1. The number of aromatic carboxylic acids is 1. The fourth-order valence-electron chi connectivity index (χ4n) is 1.91. The Kier molecular flexibility index (Phi) is 3.42. The maximum Gasteiger partial charge on any atom is 0.337 e. The summed E-state index contributed by atoms with van der Waals surface area (Å²) >= 11 is 0. The molecule has 0 aromatic heterocycles. The number of hydrogen-bond acceptors (Lipinski definition) is 3. The van der Waals surface area contributed by atoms with Crippen LogP contribution in [0.1, 0.15) is 21.5 Å². The number of rotatable bonds is 3. The third-order valence-electron chi connectivity index (χ3n) is 2.69. The summed E-state index contributed by atoms with van der Waals surface area (Å²) in [5, 5.41) is 9.01. The van der Waals surface area contributed by atoms with Gasteiger partial charge in [-0.1, -0.05) is 6.07 Å². The summed E-state index contributed by atoms with van der Waals surface area (Å²) in [6, 6.07) is 10.4. The quantitative estimate of drug-likeness (QED) is 0.827. The van der Waals surface area contributed by atoms with Crippen LogP contribution < -0.4 is 10.5 Å². The van der Waals surface area contributed by atoms with E-state index in [0.29, 0.717) is 11.5 Å². The van der Waals surface area contributed by atoms with Gasteiger partial charge in [0.15, 0.2) is 0 Å². The van der Waals surface area contributed by atoms with E-state index in [9.17, 15) is 4.79 Å². The molecule has 0 aliphatic rings. The van der Waals surface area contributed by atoms with Crippen molar-refractivity contribution in [1.82, 2.24) is 0 Å².